The van der Waals surface area contributed by atoms with E-state index in [-0.39, 0.29) is 63.0 Å². The van der Waals surface area contributed by atoms with Gasteiger partial charge in [-0.25, -0.2) is 4.79 Å². The molecule has 0 aromatic heterocycles. The number of carbonyl (C=O) groups is 2. The normalized spacial score (nSPS) is 50.5. The van der Waals surface area contributed by atoms with Crippen LogP contribution in [0, 0.1) is 16.7 Å². The highest BCUT2D eigenvalue weighted by Gasteiger charge is 2.81. The molecule has 29 atom stereocenters. The number of aliphatic hydroxyl groups excluding tert-OH is 6. The van der Waals surface area contributed by atoms with Gasteiger partial charge < -0.3 is 108 Å². The zero-order valence-electron chi connectivity index (χ0n) is 49.5. The first kappa shape index (κ1) is 64.3. The molecule has 4 aliphatic carbocycles. The smallest absolute Gasteiger partial charge is 0.338 e. The van der Waals surface area contributed by atoms with Gasteiger partial charge in [-0.15, -0.1) is 0 Å². The fraction of sp³-hybridized carbons (Fsp3) is 0.833. The Labute approximate surface area is 489 Å². The zero-order valence-corrected chi connectivity index (χ0v) is 49.5. The predicted molar refractivity (Wildman–Crippen MR) is 289 cm³/mol. The molecular weight excluding hydrogens is 1100 g/mol. The number of methoxy groups -OCH3 is 2. The zero-order chi connectivity index (χ0) is 60.6. The first-order valence-corrected chi connectivity index (χ1v) is 30.0. The number of hydrogen-bond donors (Lipinski definition) is 9. The average Bonchev–Trinajstić information content (AvgIpc) is 1.35. The average molecular weight is 1200 g/mol. The van der Waals surface area contributed by atoms with Crippen molar-refractivity contribution in [2.75, 3.05) is 20.8 Å². The van der Waals surface area contributed by atoms with Crippen LogP contribution in [0.4, 0.5) is 0 Å². The highest BCUT2D eigenvalue weighted by atomic mass is 16.8. The van der Waals surface area contributed by atoms with E-state index in [0.717, 1.165) is 5.57 Å². The minimum atomic E-state index is -2.07. The number of carbonyl (C=O) groups excluding carboxylic acids is 2. The molecule has 1 aromatic rings. The Kier molecular flexibility index (Phi) is 19.1. The van der Waals surface area contributed by atoms with Crippen LogP contribution in [0.2, 0.25) is 0 Å². The van der Waals surface area contributed by atoms with Crippen LogP contribution in [0.1, 0.15) is 129 Å². The summed E-state index contributed by atoms with van der Waals surface area (Å²) in [6.07, 6.45) is -17.1. The van der Waals surface area contributed by atoms with Crippen molar-refractivity contribution >= 4 is 11.8 Å². The Morgan fingerprint density at radius 2 is 1.15 bits per heavy atom. The Balaban J connectivity index is 0.708. The third-order valence-corrected chi connectivity index (χ3v) is 20.9. The first-order valence-electron chi connectivity index (χ1n) is 30.0. The Bertz CT molecular complexity index is 2450. The third-order valence-electron chi connectivity index (χ3n) is 20.9. The quantitative estimate of drug-likeness (QED) is 0.0833. The molecule has 474 valence electrons. The maximum Gasteiger partial charge on any atom is 0.338 e. The van der Waals surface area contributed by atoms with Crippen molar-refractivity contribution in [3.05, 3.63) is 47.5 Å². The Morgan fingerprint density at radius 1 is 0.631 bits per heavy atom. The second kappa shape index (κ2) is 24.9. The molecule has 0 spiro atoms. The topological polar surface area (TPSA) is 336 Å². The summed E-state index contributed by atoms with van der Waals surface area (Å²) >= 11 is 0. The van der Waals surface area contributed by atoms with Crippen molar-refractivity contribution in [2.45, 2.75) is 277 Å². The summed E-state index contributed by atoms with van der Waals surface area (Å²) in [7, 11) is 3.02. The lowest BCUT2D eigenvalue weighted by molar-refractivity contribution is -0.358. The highest BCUT2D eigenvalue weighted by molar-refractivity contribution is 5.90. The number of ether oxygens (including phenoxy) is 13. The van der Waals surface area contributed by atoms with Crippen LogP contribution < -0.4 is 0 Å². The van der Waals surface area contributed by atoms with Crippen molar-refractivity contribution in [2.24, 2.45) is 16.7 Å². The standard InChI is InChI=1S/C60H90O24/c1-28-50(81-45-24-38(72-8)52(30(3)76-45)83-44-23-37(64)51(29(2)75-44)82-46-25-39(73-9)53(31(4)77-46)84-55-49(67)48(66)47(65)40(27-61)79-55)36(63)22-43(74-28)78-35-16-17-56(6)34(21-35)15-18-59(70)41(56)26-42(80-54(68)33-13-11-10-12-14-33)57(7)58(69,32(5)62)19-20-60(57,59)71/h10-15,28-31,35-53,55,61,63-67,69-71H,16-27H2,1-9H3/t28-,29-,30-,31-,35+,36+,37-,38-,39-,40-,41-,42-,43+,44+,45+,46+,47-,48+,49-,50-,51-,52-,53-,55+,56+,57-,58-,59+,60-/m1/s1. The molecule has 0 bridgehead atoms. The Morgan fingerprint density at radius 3 is 1.69 bits per heavy atom. The van der Waals surface area contributed by atoms with Crippen molar-refractivity contribution in [1.82, 2.24) is 0 Å². The first-order chi connectivity index (χ1) is 39.7. The molecule has 24 heteroatoms. The van der Waals surface area contributed by atoms with Crippen LogP contribution in [-0.2, 0) is 66.4 Å². The van der Waals surface area contributed by atoms with E-state index in [0.29, 0.717) is 19.3 Å². The number of benzene rings is 1. The number of ketones is 1. The molecule has 5 saturated heterocycles. The number of rotatable bonds is 16. The lowest BCUT2D eigenvalue weighted by Gasteiger charge is -2.67. The van der Waals surface area contributed by atoms with Crippen molar-refractivity contribution < 1.29 is 117 Å². The van der Waals surface area contributed by atoms with E-state index in [4.69, 9.17) is 61.6 Å². The summed E-state index contributed by atoms with van der Waals surface area (Å²) in [6, 6.07) is 8.43. The maximum absolute atomic E-state index is 13.7. The monoisotopic (exact) mass is 1190 g/mol. The highest BCUT2D eigenvalue weighted by Crippen LogP contribution is 2.71. The van der Waals surface area contributed by atoms with Gasteiger partial charge >= 0.3 is 5.97 Å². The van der Waals surface area contributed by atoms with E-state index >= 15 is 0 Å². The van der Waals surface area contributed by atoms with Gasteiger partial charge in [0, 0.05) is 45.8 Å². The van der Waals surface area contributed by atoms with Gasteiger partial charge in [0.15, 0.2) is 37.2 Å². The van der Waals surface area contributed by atoms with Gasteiger partial charge in [-0.3, -0.25) is 4.79 Å². The van der Waals surface area contributed by atoms with Crippen molar-refractivity contribution in [1.29, 1.82) is 0 Å². The maximum atomic E-state index is 13.7. The molecule has 0 radical (unpaired) electrons. The second-order valence-corrected chi connectivity index (χ2v) is 25.6. The van der Waals surface area contributed by atoms with Gasteiger partial charge in [-0.05, 0) is 104 Å². The molecule has 5 aliphatic heterocycles. The van der Waals surface area contributed by atoms with Crippen LogP contribution in [-0.4, -0.2) is 237 Å². The summed E-state index contributed by atoms with van der Waals surface area (Å²) < 4.78 is 80.5. The van der Waals surface area contributed by atoms with E-state index in [1.807, 2.05) is 13.0 Å². The van der Waals surface area contributed by atoms with Gasteiger partial charge in [0.05, 0.1) is 72.5 Å². The van der Waals surface area contributed by atoms with Crippen molar-refractivity contribution in [3.63, 3.8) is 0 Å². The van der Waals surface area contributed by atoms with E-state index in [1.165, 1.54) is 14.0 Å². The Hall–Kier alpha value is -2.74. The fourth-order valence-corrected chi connectivity index (χ4v) is 16.0. The SMILES string of the molecule is CO[C@@H]1C[C@H](O[C@H]2[C@@H](O)C[C@H](O[C@H]3CC[C@@]4(C)C(=CC[C@]5(O)[C@@H]4C[C@@H](OC(=O)c4ccccc4)[C@@]4(C)[C@]5(O)CC[C@@]4(O)C(C)=O)C3)O[C@@H]2C)O[C@H](C)[C@H]1O[C@H]1C[C@@H](O)[C@H](O[C@H]2C[C@@H](OC)[C@H](O[C@@H]3O[C@H](CO)[C@@H](O)[C@H](O)[C@H]3O)[C@@H](C)O2)[C@@H](C)O1. The summed E-state index contributed by atoms with van der Waals surface area (Å²) in [5.41, 5.74) is -6.95. The molecule has 9 N–H and O–H groups in total. The van der Waals surface area contributed by atoms with Crippen LogP contribution in [0.25, 0.3) is 0 Å². The van der Waals surface area contributed by atoms with E-state index in [1.54, 1.807) is 65.1 Å². The van der Waals surface area contributed by atoms with Gasteiger partial charge in [-0.2, -0.15) is 0 Å². The molecule has 8 fully saturated rings. The molecule has 0 unspecified atom stereocenters. The van der Waals surface area contributed by atoms with Gasteiger partial charge in [0.1, 0.15) is 71.7 Å². The van der Waals surface area contributed by atoms with E-state index < -0.39 is 187 Å². The van der Waals surface area contributed by atoms with Gasteiger partial charge in [0.2, 0.25) is 0 Å². The van der Waals surface area contributed by atoms with E-state index in [2.05, 4.69) is 6.92 Å². The van der Waals surface area contributed by atoms with E-state index in [9.17, 15) is 55.5 Å². The molecule has 0 amide bonds. The minimum absolute atomic E-state index is 0.0367. The molecule has 1 aromatic carbocycles. The number of hydrogen-bond acceptors (Lipinski definition) is 24. The molecule has 24 nitrogen and oxygen atoms in total. The van der Waals surface area contributed by atoms with Crippen LogP contribution in [0.15, 0.2) is 42.0 Å². The van der Waals surface area contributed by atoms with Gasteiger partial charge in [0.25, 0.3) is 0 Å². The molecule has 9 aliphatic rings. The largest absolute Gasteiger partial charge is 0.458 e. The second-order valence-electron chi connectivity index (χ2n) is 25.6. The lowest BCUT2D eigenvalue weighted by Crippen LogP contribution is -2.78. The molecular formula is C60H90O24. The molecule has 84 heavy (non-hydrogen) atoms. The van der Waals surface area contributed by atoms with Gasteiger partial charge in [-0.1, -0.05) is 36.8 Å². The number of Topliss-reactive ketones (excluding diaryl/α,β-unsaturated/α-hetero) is 1. The number of esters is 1. The molecule has 3 saturated carbocycles. The summed E-state index contributed by atoms with van der Waals surface area (Å²) in [5.74, 6) is -1.84. The number of aliphatic hydroxyl groups is 9. The lowest BCUT2D eigenvalue weighted by atomic mass is 9.42. The van der Waals surface area contributed by atoms with Crippen LogP contribution >= 0.6 is 0 Å². The fourth-order valence-electron chi connectivity index (χ4n) is 16.0. The van der Waals surface area contributed by atoms with Crippen molar-refractivity contribution in [3.8, 4) is 0 Å². The number of fused-ring (bicyclic) bond motifs is 5. The molecule has 5 heterocycles. The minimum Gasteiger partial charge on any atom is -0.458 e. The molecule has 10 rings (SSSR count). The van der Waals surface area contributed by atoms with Crippen LogP contribution in [0.5, 0.6) is 0 Å². The summed E-state index contributed by atoms with van der Waals surface area (Å²) in [4.78, 5) is 27.1. The summed E-state index contributed by atoms with van der Waals surface area (Å²) in [5, 5.41) is 102. The van der Waals surface area contributed by atoms with Crippen LogP contribution in [0.3, 0.4) is 0 Å². The predicted octanol–water partition coefficient (Wildman–Crippen LogP) is 1.35. The third kappa shape index (κ3) is 11.3. The summed E-state index contributed by atoms with van der Waals surface area (Å²) in [6.45, 7) is 11.4.